The summed E-state index contributed by atoms with van der Waals surface area (Å²) in [4.78, 5) is 17.2. The van der Waals surface area contributed by atoms with E-state index in [1.807, 2.05) is 0 Å². The first-order chi connectivity index (χ1) is 16.3. The maximum Gasteiger partial charge on any atom is 0.231 e. The molecule has 0 aliphatic heterocycles. The zero-order valence-electron chi connectivity index (χ0n) is 18.6. The fourth-order valence-corrected chi connectivity index (χ4v) is 7.38. The monoisotopic (exact) mass is 495 g/mol. The minimum atomic E-state index is -0.0228. The van der Waals surface area contributed by atoms with Gasteiger partial charge in [0.25, 0.3) is 0 Å². The summed E-state index contributed by atoms with van der Waals surface area (Å²) in [6, 6.07) is 10.2. The molecule has 34 heavy (non-hydrogen) atoms. The SMILES string of the molecule is O=C(CC12CC3CC(CC(C3)C1)C2)NC(=S)Nc1ccc(-c2nc3cc(Cl)ccc3o2)c(O)c1. The van der Waals surface area contributed by atoms with Gasteiger partial charge < -0.3 is 20.2 Å². The van der Waals surface area contributed by atoms with Crippen molar-refractivity contribution in [2.24, 2.45) is 23.2 Å². The maximum atomic E-state index is 12.8. The van der Waals surface area contributed by atoms with Crippen LogP contribution in [-0.2, 0) is 4.79 Å². The molecule has 0 saturated heterocycles. The predicted octanol–water partition coefficient (Wildman–Crippen LogP) is 6.27. The van der Waals surface area contributed by atoms with E-state index in [9.17, 15) is 9.90 Å². The van der Waals surface area contributed by atoms with Crippen LogP contribution in [0.5, 0.6) is 5.75 Å². The number of carbonyl (C=O) groups excluding carboxylic acids is 1. The molecule has 2 aromatic carbocycles. The Balaban J connectivity index is 1.10. The molecule has 3 N–H and O–H groups in total. The van der Waals surface area contributed by atoms with Crippen LogP contribution in [0.2, 0.25) is 5.02 Å². The molecule has 8 heteroatoms. The first-order valence-corrected chi connectivity index (χ1v) is 12.6. The topological polar surface area (TPSA) is 87.4 Å². The second kappa shape index (κ2) is 8.24. The van der Waals surface area contributed by atoms with Crippen LogP contribution in [-0.4, -0.2) is 21.1 Å². The molecule has 7 rings (SSSR count). The molecule has 0 radical (unpaired) electrons. The number of rotatable bonds is 4. The van der Waals surface area contributed by atoms with Gasteiger partial charge in [0.2, 0.25) is 11.8 Å². The summed E-state index contributed by atoms with van der Waals surface area (Å²) in [6.07, 6.45) is 8.18. The number of thiocarbonyl (C=S) groups is 1. The van der Waals surface area contributed by atoms with E-state index in [1.54, 1.807) is 30.3 Å². The summed E-state index contributed by atoms with van der Waals surface area (Å²) in [5.41, 5.74) is 2.39. The number of benzene rings is 2. The van der Waals surface area contributed by atoms with E-state index in [-0.39, 0.29) is 22.2 Å². The van der Waals surface area contributed by atoms with E-state index in [1.165, 1.54) is 44.6 Å². The Morgan fingerprint density at radius 2 is 1.82 bits per heavy atom. The van der Waals surface area contributed by atoms with Crippen LogP contribution >= 0.6 is 23.8 Å². The Bertz CT molecular complexity index is 1270. The van der Waals surface area contributed by atoms with Gasteiger partial charge in [0.1, 0.15) is 11.3 Å². The van der Waals surface area contributed by atoms with Crippen LogP contribution in [0, 0.1) is 23.2 Å². The largest absolute Gasteiger partial charge is 0.507 e. The van der Waals surface area contributed by atoms with Gasteiger partial charge in [0.05, 0.1) is 5.56 Å². The number of phenolic OH excluding ortho intramolecular Hbond substituents is 1. The molecule has 4 saturated carbocycles. The number of nitrogens with zero attached hydrogens (tertiary/aromatic N) is 1. The third-order valence-corrected chi connectivity index (χ3v) is 8.23. The molecular formula is C26H26ClN3O3S. The number of aromatic nitrogens is 1. The molecule has 0 spiro atoms. The first kappa shape index (κ1) is 21.9. The van der Waals surface area contributed by atoms with Crippen molar-refractivity contribution in [2.75, 3.05) is 5.32 Å². The lowest BCUT2D eigenvalue weighted by Gasteiger charge is -2.56. The predicted molar refractivity (Wildman–Crippen MR) is 136 cm³/mol. The number of anilines is 1. The number of oxazole rings is 1. The zero-order valence-corrected chi connectivity index (χ0v) is 20.2. The lowest BCUT2D eigenvalue weighted by molar-refractivity contribution is -0.127. The van der Waals surface area contributed by atoms with Crippen molar-refractivity contribution in [3.8, 4) is 17.2 Å². The van der Waals surface area contributed by atoms with Crippen molar-refractivity contribution >= 4 is 51.6 Å². The van der Waals surface area contributed by atoms with Gasteiger partial charge in [-0.3, -0.25) is 4.79 Å². The van der Waals surface area contributed by atoms with Crippen LogP contribution in [0.15, 0.2) is 40.8 Å². The summed E-state index contributed by atoms with van der Waals surface area (Å²) in [6.45, 7) is 0. The molecular weight excluding hydrogens is 470 g/mol. The highest BCUT2D eigenvalue weighted by Crippen LogP contribution is 2.61. The number of hydrogen-bond acceptors (Lipinski definition) is 5. The number of nitrogens with one attached hydrogen (secondary N) is 2. The van der Waals surface area contributed by atoms with Gasteiger partial charge in [-0.05, 0) is 104 Å². The molecule has 1 amide bonds. The van der Waals surface area contributed by atoms with Gasteiger partial charge in [-0.1, -0.05) is 11.6 Å². The molecule has 4 bridgehead atoms. The van der Waals surface area contributed by atoms with Gasteiger partial charge in [0.15, 0.2) is 10.7 Å². The van der Waals surface area contributed by atoms with Crippen LogP contribution in [0.1, 0.15) is 44.9 Å². The van der Waals surface area contributed by atoms with Gasteiger partial charge in [-0.25, -0.2) is 4.98 Å². The molecule has 176 valence electrons. The summed E-state index contributed by atoms with van der Waals surface area (Å²) in [7, 11) is 0. The van der Waals surface area contributed by atoms with Gasteiger partial charge in [0, 0.05) is 23.2 Å². The molecule has 3 aromatic rings. The third-order valence-electron chi connectivity index (χ3n) is 7.79. The number of hydrogen-bond donors (Lipinski definition) is 3. The molecule has 4 fully saturated rings. The van der Waals surface area contributed by atoms with Gasteiger partial charge >= 0.3 is 0 Å². The summed E-state index contributed by atoms with van der Waals surface area (Å²) < 4.78 is 5.75. The van der Waals surface area contributed by atoms with Gasteiger partial charge in [-0.2, -0.15) is 0 Å². The fourth-order valence-electron chi connectivity index (χ4n) is 6.99. The molecule has 1 heterocycles. The Labute approximate surface area is 208 Å². The maximum absolute atomic E-state index is 12.8. The summed E-state index contributed by atoms with van der Waals surface area (Å²) in [5.74, 6) is 2.69. The Morgan fingerprint density at radius 3 is 2.50 bits per heavy atom. The highest BCUT2D eigenvalue weighted by atomic mass is 35.5. The minimum Gasteiger partial charge on any atom is -0.507 e. The van der Waals surface area contributed by atoms with E-state index in [4.69, 9.17) is 28.2 Å². The zero-order chi connectivity index (χ0) is 23.4. The standard InChI is InChI=1S/C26H26ClN3O3S/c27-17-1-4-22-20(8-17)29-24(33-22)19-3-2-18(9-21(19)31)28-25(34)30-23(32)13-26-10-14-5-15(11-26)7-16(6-14)12-26/h1-4,8-9,14-16,31H,5-7,10-13H2,(H2,28,30,32,34). The number of aromatic hydroxyl groups is 1. The van der Waals surface area contributed by atoms with E-state index >= 15 is 0 Å². The number of fused-ring (bicyclic) bond motifs is 1. The molecule has 4 aliphatic rings. The number of halogens is 1. The smallest absolute Gasteiger partial charge is 0.231 e. The van der Waals surface area contributed by atoms with Gasteiger partial charge in [-0.15, -0.1) is 0 Å². The van der Waals surface area contributed by atoms with Crippen LogP contribution in [0.25, 0.3) is 22.6 Å². The molecule has 0 unspecified atom stereocenters. The second-order valence-electron chi connectivity index (χ2n) is 10.5. The minimum absolute atomic E-state index is 0.00894. The average molecular weight is 496 g/mol. The molecule has 4 aliphatic carbocycles. The van der Waals surface area contributed by atoms with E-state index in [2.05, 4.69) is 15.6 Å². The number of amides is 1. The Morgan fingerprint density at radius 1 is 1.12 bits per heavy atom. The summed E-state index contributed by atoms with van der Waals surface area (Å²) >= 11 is 11.4. The number of carbonyl (C=O) groups is 1. The highest BCUT2D eigenvalue weighted by Gasteiger charge is 2.51. The first-order valence-electron chi connectivity index (χ1n) is 11.8. The Hall–Kier alpha value is -2.64. The second-order valence-corrected chi connectivity index (χ2v) is 11.3. The van der Waals surface area contributed by atoms with Crippen molar-refractivity contribution in [3.05, 3.63) is 41.4 Å². The van der Waals surface area contributed by atoms with Crippen LogP contribution in [0.3, 0.4) is 0 Å². The number of phenols is 1. The lowest BCUT2D eigenvalue weighted by Crippen LogP contribution is -2.48. The normalized spacial score (nSPS) is 27.1. The van der Waals surface area contributed by atoms with E-state index < -0.39 is 0 Å². The van der Waals surface area contributed by atoms with Crippen LogP contribution in [0.4, 0.5) is 5.69 Å². The quantitative estimate of drug-likeness (QED) is 0.369. The lowest BCUT2D eigenvalue weighted by atomic mass is 9.49. The average Bonchev–Trinajstić information content (AvgIpc) is 3.14. The van der Waals surface area contributed by atoms with Crippen molar-refractivity contribution in [1.29, 1.82) is 0 Å². The van der Waals surface area contributed by atoms with Crippen molar-refractivity contribution in [2.45, 2.75) is 44.9 Å². The van der Waals surface area contributed by atoms with E-state index in [0.29, 0.717) is 39.7 Å². The van der Waals surface area contributed by atoms with Crippen molar-refractivity contribution < 1.29 is 14.3 Å². The van der Waals surface area contributed by atoms with Crippen LogP contribution < -0.4 is 10.6 Å². The third kappa shape index (κ3) is 4.16. The van der Waals surface area contributed by atoms with Crippen molar-refractivity contribution in [3.63, 3.8) is 0 Å². The highest BCUT2D eigenvalue weighted by molar-refractivity contribution is 7.80. The summed E-state index contributed by atoms with van der Waals surface area (Å²) in [5, 5.41) is 17.2. The molecule has 1 aromatic heterocycles. The van der Waals surface area contributed by atoms with Crippen molar-refractivity contribution in [1.82, 2.24) is 10.3 Å². The Kier molecular flexibility index (Phi) is 5.30. The molecule has 0 atom stereocenters. The fraction of sp³-hybridized carbons (Fsp3) is 0.423. The molecule has 6 nitrogen and oxygen atoms in total. The van der Waals surface area contributed by atoms with E-state index in [0.717, 1.165) is 17.8 Å².